The first-order chi connectivity index (χ1) is 8.20. The molecule has 92 valence electrons. The zero-order valence-electron chi connectivity index (χ0n) is 9.39. The van der Waals surface area contributed by atoms with Crippen LogP contribution >= 0.6 is 15.9 Å². The summed E-state index contributed by atoms with van der Waals surface area (Å²) in [5, 5.41) is 0. The van der Waals surface area contributed by atoms with Crippen molar-refractivity contribution in [2.75, 3.05) is 20.3 Å². The van der Waals surface area contributed by atoms with Gasteiger partial charge in [-0.15, -0.1) is 0 Å². The molecule has 2 rings (SSSR count). The molecule has 0 unspecified atom stereocenters. The van der Waals surface area contributed by atoms with Gasteiger partial charge in [-0.05, 0) is 12.1 Å². The smallest absolute Gasteiger partial charge is 0.313 e. The normalized spacial score (nSPS) is 24.4. The van der Waals surface area contributed by atoms with Gasteiger partial charge in [-0.25, -0.2) is 0 Å². The van der Waals surface area contributed by atoms with Crippen LogP contribution in [0.2, 0.25) is 0 Å². The molecule has 1 heterocycles. The lowest BCUT2D eigenvalue weighted by Gasteiger charge is -2.28. The molecule has 0 aromatic heterocycles. The molecule has 4 nitrogen and oxygen atoms in total. The van der Waals surface area contributed by atoms with Gasteiger partial charge in [-0.3, -0.25) is 4.79 Å². The van der Waals surface area contributed by atoms with Crippen LogP contribution in [0.5, 0.6) is 0 Å². The molecular weight excluding hydrogens is 288 g/mol. The van der Waals surface area contributed by atoms with Crippen LogP contribution in [-0.2, 0) is 19.0 Å². The van der Waals surface area contributed by atoms with Gasteiger partial charge < -0.3 is 14.2 Å². The Kier molecular flexibility index (Phi) is 4.15. The highest BCUT2D eigenvalue weighted by molar-refractivity contribution is 9.10. The standard InChI is InChI=1S/C12H13BrO4/c1-15-11(14)9-6-16-12(17-7-9)8-2-4-10(13)5-3-8/h2-5,9,12H,6-7H2,1H3/t9-,12-. The van der Waals surface area contributed by atoms with Crippen LogP contribution in [0, 0.1) is 5.92 Å². The van der Waals surface area contributed by atoms with Crippen LogP contribution < -0.4 is 0 Å². The Morgan fingerprint density at radius 1 is 1.29 bits per heavy atom. The van der Waals surface area contributed by atoms with Crippen LogP contribution in [0.15, 0.2) is 28.7 Å². The average molecular weight is 301 g/mol. The van der Waals surface area contributed by atoms with Crippen molar-refractivity contribution in [3.63, 3.8) is 0 Å². The van der Waals surface area contributed by atoms with Crippen molar-refractivity contribution in [1.82, 2.24) is 0 Å². The maximum absolute atomic E-state index is 11.3. The van der Waals surface area contributed by atoms with Gasteiger partial charge in [0.1, 0.15) is 5.92 Å². The molecule has 0 saturated carbocycles. The summed E-state index contributed by atoms with van der Waals surface area (Å²) >= 11 is 3.36. The number of methoxy groups -OCH3 is 1. The molecule has 17 heavy (non-hydrogen) atoms. The third-order valence-corrected chi connectivity index (χ3v) is 3.10. The zero-order valence-corrected chi connectivity index (χ0v) is 11.0. The van der Waals surface area contributed by atoms with Gasteiger partial charge in [0, 0.05) is 10.0 Å². The third-order valence-electron chi connectivity index (χ3n) is 2.57. The van der Waals surface area contributed by atoms with Crippen molar-refractivity contribution in [3.8, 4) is 0 Å². The van der Waals surface area contributed by atoms with E-state index in [1.54, 1.807) is 0 Å². The minimum Gasteiger partial charge on any atom is -0.469 e. The number of benzene rings is 1. The number of carbonyl (C=O) groups excluding carboxylic acids is 1. The second kappa shape index (κ2) is 5.62. The fourth-order valence-corrected chi connectivity index (χ4v) is 1.88. The molecule has 1 aromatic carbocycles. The summed E-state index contributed by atoms with van der Waals surface area (Å²) in [6.07, 6.45) is -0.399. The molecule has 1 aliphatic rings. The van der Waals surface area contributed by atoms with Crippen molar-refractivity contribution in [2.45, 2.75) is 6.29 Å². The summed E-state index contributed by atoms with van der Waals surface area (Å²) in [6, 6.07) is 7.70. The van der Waals surface area contributed by atoms with E-state index in [0.29, 0.717) is 13.2 Å². The Balaban J connectivity index is 1.95. The number of halogens is 1. The van der Waals surface area contributed by atoms with Crippen molar-refractivity contribution in [3.05, 3.63) is 34.3 Å². The minimum atomic E-state index is -0.399. The molecule has 0 radical (unpaired) electrons. The SMILES string of the molecule is COC(=O)[C@H]1CO[C@H](c2ccc(Br)cc2)OC1. The summed E-state index contributed by atoms with van der Waals surface area (Å²) in [4.78, 5) is 11.3. The lowest BCUT2D eigenvalue weighted by molar-refractivity contribution is -0.212. The van der Waals surface area contributed by atoms with Gasteiger partial charge >= 0.3 is 5.97 Å². The molecule has 1 fully saturated rings. The van der Waals surface area contributed by atoms with Crippen molar-refractivity contribution < 1.29 is 19.0 Å². The van der Waals surface area contributed by atoms with Gasteiger partial charge in [0.05, 0.1) is 20.3 Å². The Hall–Kier alpha value is -0.910. The maximum Gasteiger partial charge on any atom is 0.313 e. The summed E-state index contributed by atoms with van der Waals surface area (Å²) in [5.41, 5.74) is 0.941. The van der Waals surface area contributed by atoms with Crippen molar-refractivity contribution >= 4 is 21.9 Å². The fraction of sp³-hybridized carbons (Fsp3) is 0.417. The first-order valence-electron chi connectivity index (χ1n) is 5.27. The van der Waals surface area contributed by atoms with Crippen LogP contribution in [0.4, 0.5) is 0 Å². The molecule has 1 saturated heterocycles. The molecular formula is C12H13BrO4. The van der Waals surface area contributed by atoms with E-state index in [-0.39, 0.29) is 11.9 Å². The fourth-order valence-electron chi connectivity index (χ4n) is 1.62. The summed E-state index contributed by atoms with van der Waals surface area (Å²) in [7, 11) is 1.36. The summed E-state index contributed by atoms with van der Waals surface area (Å²) < 4.78 is 16.6. The minimum absolute atomic E-state index is 0.292. The van der Waals surface area contributed by atoms with E-state index in [0.717, 1.165) is 10.0 Å². The van der Waals surface area contributed by atoms with Gasteiger partial charge in [-0.2, -0.15) is 0 Å². The molecule has 0 N–H and O–H groups in total. The van der Waals surface area contributed by atoms with Gasteiger partial charge in [0.15, 0.2) is 6.29 Å². The Bertz CT molecular complexity index is 382. The molecule has 1 aromatic rings. The number of rotatable bonds is 2. The van der Waals surface area contributed by atoms with Crippen LogP contribution in [0.25, 0.3) is 0 Å². The molecule has 5 heteroatoms. The number of hydrogen-bond acceptors (Lipinski definition) is 4. The van der Waals surface area contributed by atoms with Crippen LogP contribution in [0.3, 0.4) is 0 Å². The second-order valence-corrected chi connectivity index (χ2v) is 4.69. The molecule has 1 aliphatic heterocycles. The van der Waals surface area contributed by atoms with Gasteiger partial charge in [0.25, 0.3) is 0 Å². The highest BCUT2D eigenvalue weighted by atomic mass is 79.9. The van der Waals surface area contributed by atoms with E-state index in [2.05, 4.69) is 20.7 Å². The van der Waals surface area contributed by atoms with E-state index in [1.807, 2.05) is 24.3 Å². The first-order valence-corrected chi connectivity index (χ1v) is 6.06. The maximum atomic E-state index is 11.3. The molecule has 0 spiro atoms. The van der Waals surface area contributed by atoms with Crippen molar-refractivity contribution in [2.24, 2.45) is 5.92 Å². The Labute approximate surface area is 108 Å². The second-order valence-electron chi connectivity index (χ2n) is 3.77. The Morgan fingerprint density at radius 3 is 2.41 bits per heavy atom. The van der Waals surface area contributed by atoms with E-state index in [4.69, 9.17) is 9.47 Å². The predicted octanol–water partition coefficient (Wildman–Crippen LogP) is 2.28. The zero-order chi connectivity index (χ0) is 12.3. The lowest BCUT2D eigenvalue weighted by Crippen LogP contribution is -2.33. The average Bonchev–Trinajstić information content (AvgIpc) is 2.39. The van der Waals surface area contributed by atoms with E-state index < -0.39 is 6.29 Å². The summed E-state index contributed by atoms with van der Waals surface area (Å²) in [5.74, 6) is -0.619. The number of esters is 1. The highest BCUT2D eigenvalue weighted by Crippen LogP contribution is 2.26. The monoisotopic (exact) mass is 300 g/mol. The van der Waals surface area contributed by atoms with E-state index in [1.165, 1.54) is 7.11 Å². The lowest BCUT2D eigenvalue weighted by atomic mass is 10.1. The molecule has 0 bridgehead atoms. The molecule has 0 amide bonds. The summed E-state index contributed by atoms with van der Waals surface area (Å²) in [6.45, 7) is 0.654. The topological polar surface area (TPSA) is 44.8 Å². The Morgan fingerprint density at radius 2 is 1.88 bits per heavy atom. The van der Waals surface area contributed by atoms with Crippen LogP contribution in [0.1, 0.15) is 11.9 Å². The third kappa shape index (κ3) is 3.06. The highest BCUT2D eigenvalue weighted by Gasteiger charge is 2.28. The van der Waals surface area contributed by atoms with Gasteiger partial charge in [-0.1, -0.05) is 28.1 Å². The number of ether oxygens (including phenoxy) is 3. The number of hydrogen-bond donors (Lipinski definition) is 0. The van der Waals surface area contributed by atoms with E-state index in [9.17, 15) is 4.79 Å². The van der Waals surface area contributed by atoms with Crippen molar-refractivity contribution in [1.29, 1.82) is 0 Å². The number of carbonyl (C=O) groups is 1. The quantitative estimate of drug-likeness (QED) is 0.786. The van der Waals surface area contributed by atoms with Crippen LogP contribution in [-0.4, -0.2) is 26.3 Å². The first kappa shape index (κ1) is 12.5. The molecule has 0 atom stereocenters. The largest absolute Gasteiger partial charge is 0.469 e. The van der Waals surface area contributed by atoms with Gasteiger partial charge in [0.2, 0.25) is 0 Å². The van der Waals surface area contributed by atoms with E-state index >= 15 is 0 Å². The molecule has 0 aliphatic carbocycles. The predicted molar refractivity (Wildman–Crippen MR) is 64.3 cm³/mol.